The molecule has 1 N–H and O–H groups in total. The summed E-state index contributed by atoms with van der Waals surface area (Å²) >= 11 is 5.86. The van der Waals surface area contributed by atoms with Gasteiger partial charge in [-0.1, -0.05) is 29.8 Å². The number of amides is 2. The van der Waals surface area contributed by atoms with Crippen LogP contribution in [0.4, 0.5) is 5.69 Å². The number of hydrogen-bond acceptors (Lipinski definition) is 2. The predicted octanol–water partition coefficient (Wildman–Crippen LogP) is 3.58. The largest absolute Gasteiger partial charge is 0.327 e. The van der Waals surface area contributed by atoms with Gasteiger partial charge in [0.2, 0.25) is 5.91 Å². The second kappa shape index (κ2) is 6.84. The van der Waals surface area contributed by atoms with E-state index < -0.39 is 6.04 Å². The molecular weight excluding hydrogens is 312 g/mol. The fourth-order valence-corrected chi connectivity index (χ4v) is 2.91. The van der Waals surface area contributed by atoms with E-state index in [9.17, 15) is 9.59 Å². The molecule has 0 bridgehead atoms. The molecule has 4 nitrogen and oxygen atoms in total. The lowest BCUT2D eigenvalue weighted by molar-refractivity contribution is -0.119. The highest BCUT2D eigenvalue weighted by atomic mass is 35.5. The van der Waals surface area contributed by atoms with Crippen LogP contribution in [0.2, 0.25) is 5.02 Å². The predicted molar refractivity (Wildman–Crippen MR) is 90.6 cm³/mol. The minimum absolute atomic E-state index is 0.132. The summed E-state index contributed by atoms with van der Waals surface area (Å²) in [7, 11) is 0. The van der Waals surface area contributed by atoms with Crippen molar-refractivity contribution in [2.45, 2.75) is 18.9 Å². The van der Waals surface area contributed by atoms with E-state index in [1.165, 1.54) is 0 Å². The molecule has 1 saturated heterocycles. The van der Waals surface area contributed by atoms with Gasteiger partial charge in [0.15, 0.2) is 0 Å². The van der Waals surface area contributed by atoms with Crippen LogP contribution in [-0.4, -0.2) is 29.3 Å². The van der Waals surface area contributed by atoms with Crippen molar-refractivity contribution < 1.29 is 9.59 Å². The Morgan fingerprint density at radius 3 is 2.43 bits per heavy atom. The van der Waals surface area contributed by atoms with Gasteiger partial charge < -0.3 is 10.2 Å². The summed E-state index contributed by atoms with van der Waals surface area (Å²) in [5.41, 5.74) is 1.29. The first-order valence-corrected chi connectivity index (χ1v) is 7.95. The van der Waals surface area contributed by atoms with E-state index in [2.05, 4.69) is 5.32 Å². The number of nitrogens with zero attached hydrogens (tertiary/aromatic N) is 1. The summed E-state index contributed by atoms with van der Waals surface area (Å²) < 4.78 is 0. The summed E-state index contributed by atoms with van der Waals surface area (Å²) in [4.78, 5) is 26.8. The van der Waals surface area contributed by atoms with Gasteiger partial charge >= 0.3 is 0 Å². The molecule has 0 aromatic heterocycles. The second-order valence-corrected chi connectivity index (χ2v) is 5.96. The van der Waals surface area contributed by atoms with E-state index in [0.717, 1.165) is 12.1 Å². The van der Waals surface area contributed by atoms with Crippen molar-refractivity contribution in [3.05, 3.63) is 65.2 Å². The van der Waals surface area contributed by atoms with E-state index in [1.54, 1.807) is 29.2 Å². The van der Waals surface area contributed by atoms with Crippen molar-refractivity contribution in [3.63, 3.8) is 0 Å². The van der Waals surface area contributed by atoms with Crippen molar-refractivity contribution in [2.75, 3.05) is 11.9 Å². The van der Waals surface area contributed by atoms with Gasteiger partial charge in [-0.2, -0.15) is 0 Å². The number of carbonyl (C=O) groups is 2. The zero-order chi connectivity index (χ0) is 16.2. The molecule has 1 aliphatic heterocycles. The fraction of sp³-hybridized carbons (Fsp3) is 0.222. The molecule has 23 heavy (non-hydrogen) atoms. The molecule has 0 spiro atoms. The van der Waals surface area contributed by atoms with Crippen LogP contribution < -0.4 is 5.32 Å². The van der Waals surface area contributed by atoms with Crippen LogP contribution in [0, 0.1) is 0 Å². The van der Waals surface area contributed by atoms with Crippen molar-refractivity contribution in [2.24, 2.45) is 0 Å². The molecule has 0 radical (unpaired) electrons. The maximum atomic E-state index is 12.6. The lowest BCUT2D eigenvalue weighted by atomic mass is 10.1. The number of halogens is 1. The van der Waals surface area contributed by atoms with E-state index >= 15 is 0 Å². The molecule has 118 valence electrons. The number of likely N-dealkylation sites (tertiary alicyclic amines) is 1. The van der Waals surface area contributed by atoms with Crippen molar-refractivity contribution in [3.8, 4) is 0 Å². The van der Waals surface area contributed by atoms with E-state index in [-0.39, 0.29) is 11.8 Å². The van der Waals surface area contributed by atoms with Gasteiger partial charge in [-0.05, 0) is 49.2 Å². The molecule has 1 heterocycles. The minimum Gasteiger partial charge on any atom is -0.327 e. The molecule has 1 aliphatic rings. The molecule has 2 amide bonds. The zero-order valence-electron chi connectivity index (χ0n) is 12.5. The molecule has 0 aliphatic carbocycles. The first-order valence-electron chi connectivity index (χ1n) is 7.57. The maximum Gasteiger partial charge on any atom is 0.254 e. The monoisotopic (exact) mass is 328 g/mol. The van der Waals surface area contributed by atoms with Crippen molar-refractivity contribution >= 4 is 29.1 Å². The van der Waals surface area contributed by atoms with Crippen LogP contribution in [-0.2, 0) is 4.79 Å². The van der Waals surface area contributed by atoms with Gasteiger partial charge in [0.05, 0.1) is 0 Å². The van der Waals surface area contributed by atoms with E-state index in [4.69, 9.17) is 11.6 Å². The Morgan fingerprint density at radius 1 is 1.04 bits per heavy atom. The Bertz CT molecular complexity index is 701. The highest BCUT2D eigenvalue weighted by Crippen LogP contribution is 2.22. The Kier molecular flexibility index (Phi) is 4.63. The van der Waals surface area contributed by atoms with E-state index in [1.807, 2.05) is 30.3 Å². The van der Waals surface area contributed by atoms with Crippen LogP contribution in [0.5, 0.6) is 0 Å². The number of carbonyl (C=O) groups excluding carboxylic acids is 2. The maximum absolute atomic E-state index is 12.6. The van der Waals surface area contributed by atoms with Crippen LogP contribution >= 0.6 is 11.6 Å². The Labute approximate surface area is 140 Å². The molecular formula is C18H17ClN2O2. The normalized spacial score (nSPS) is 17.1. The molecule has 2 aromatic carbocycles. The average molecular weight is 329 g/mol. The first kappa shape index (κ1) is 15.6. The smallest absolute Gasteiger partial charge is 0.254 e. The summed E-state index contributed by atoms with van der Waals surface area (Å²) in [6, 6.07) is 15.6. The number of hydrogen-bond donors (Lipinski definition) is 1. The summed E-state index contributed by atoms with van der Waals surface area (Å²) in [6.45, 7) is 0.592. The molecule has 1 fully saturated rings. The van der Waals surface area contributed by atoms with Crippen LogP contribution in [0.3, 0.4) is 0 Å². The standard InChI is InChI=1S/C18H17ClN2O2/c19-14-10-8-13(9-11-14)18(23)21-12-4-7-16(21)17(22)20-15-5-2-1-3-6-15/h1-3,5-6,8-11,16H,4,7,12H2,(H,20,22)/t16-/m0/s1. The van der Waals surface area contributed by atoms with Gasteiger partial charge in [-0.15, -0.1) is 0 Å². The highest BCUT2D eigenvalue weighted by molar-refractivity contribution is 6.30. The lowest BCUT2D eigenvalue weighted by Crippen LogP contribution is -2.43. The SMILES string of the molecule is O=C(Nc1ccccc1)[C@@H]1CCCN1C(=O)c1ccc(Cl)cc1. The number of anilines is 1. The second-order valence-electron chi connectivity index (χ2n) is 5.52. The molecule has 3 rings (SSSR count). The third-order valence-electron chi connectivity index (χ3n) is 3.95. The van der Waals surface area contributed by atoms with Gasteiger partial charge in [0, 0.05) is 22.8 Å². The molecule has 0 saturated carbocycles. The topological polar surface area (TPSA) is 49.4 Å². The third kappa shape index (κ3) is 3.54. The lowest BCUT2D eigenvalue weighted by Gasteiger charge is -2.24. The number of benzene rings is 2. The van der Waals surface area contributed by atoms with Crippen molar-refractivity contribution in [1.29, 1.82) is 0 Å². The van der Waals surface area contributed by atoms with Crippen LogP contribution in [0.1, 0.15) is 23.2 Å². The quantitative estimate of drug-likeness (QED) is 0.936. The molecule has 0 unspecified atom stereocenters. The summed E-state index contributed by atoms with van der Waals surface area (Å²) in [5, 5.41) is 3.46. The fourth-order valence-electron chi connectivity index (χ4n) is 2.79. The molecule has 2 aromatic rings. The van der Waals surface area contributed by atoms with Gasteiger partial charge in [0.25, 0.3) is 5.91 Å². The number of para-hydroxylation sites is 1. The third-order valence-corrected chi connectivity index (χ3v) is 4.20. The van der Waals surface area contributed by atoms with Gasteiger partial charge in [-0.25, -0.2) is 0 Å². The minimum atomic E-state index is -0.432. The number of nitrogens with one attached hydrogen (secondary N) is 1. The molecule has 1 atom stereocenters. The van der Waals surface area contributed by atoms with Crippen LogP contribution in [0.25, 0.3) is 0 Å². The molecule has 5 heteroatoms. The average Bonchev–Trinajstić information content (AvgIpc) is 3.05. The zero-order valence-corrected chi connectivity index (χ0v) is 13.3. The Balaban J connectivity index is 1.73. The Hall–Kier alpha value is -2.33. The first-order chi connectivity index (χ1) is 11.1. The summed E-state index contributed by atoms with van der Waals surface area (Å²) in [5.74, 6) is -0.275. The van der Waals surface area contributed by atoms with E-state index in [0.29, 0.717) is 23.6 Å². The van der Waals surface area contributed by atoms with Gasteiger partial charge in [-0.3, -0.25) is 9.59 Å². The van der Waals surface area contributed by atoms with Crippen molar-refractivity contribution in [1.82, 2.24) is 4.90 Å². The number of rotatable bonds is 3. The Morgan fingerprint density at radius 2 is 1.74 bits per heavy atom. The summed E-state index contributed by atoms with van der Waals surface area (Å²) in [6.07, 6.45) is 1.50. The van der Waals surface area contributed by atoms with Gasteiger partial charge in [0.1, 0.15) is 6.04 Å². The highest BCUT2D eigenvalue weighted by Gasteiger charge is 2.34. The van der Waals surface area contributed by atoms with Crippen LogP contribution in [0.15, 0.2) is 54.6 Å².